The Balaban J connectivity index is 1.73. The van der Waals surface area contributed by atoms with Crippen LogP contribution in [0.4, 0.5) is 5.69 Å². The number of methoxy groups -OCH3 is 2. The topological polar surface area (TPSA) is 78.3 Å². The first kappa shape index (κ1) is 20.1. The fourth-order valence-electron chi connectivity index (χ4n) is 2.87. The molecule has 1 aromatic heterocycles. The van der Waals surface area contributed by atoms with Crippen LogP contribution in [0.25, 0.3) is 11.8 Å². The highest BCUT2D eigenvalue weighted by atomic mass is 16.5. The van der Waals surface area contributed by atoms with Crippen LogP contribution in [-0.2, 0) is 4.79 Å². The Kier molecular flexibility index (Phi) is 6.29. The molecule has 0 saturated heterocycles. The van der Waals surface area contributed by atoms with Gasteiger partial charge in [-0.1, -0.05) is 31.2 Å². The van der Waals surface area contributed by atoms with Gasteiger partial charge in [-0.25, -0.2) is 4.68 Å². The number of ether oxygens (including phenoxy) is 2. The Morgan fingerprint density at radius 3 is 2.62 bits per heavy atom. The van der Waals surface area contributed by atoms with Gasteiger partial charge in [0.1, 0.15) is 0 Å². The summed E-state index contributed by atoms with van der Waals surface area (Å²) >= 11 is 0. The van der Waals surface area contributed by atoms with Crippen LogP contribution in [0.3, 0.4) is 0 Å². The molecule has 3 rings (SSSR count). The van der Waals surface area contributed by atoms with Gasteiger partial charge in [-0.15, -0.1) is 5.10 Å². The highest BCUT2D eigenvalue weighted by molar-refractivity contribution is 6.02. The number of nitrogens with zero attached hydrogens (tertiary/aromatic N) is 3. The predicted molar refractivity (Wildman–Crippen MR) is 113 cm³/mol. The van der Waals surface area contributed by atoms with Crippen molar-refractivity contribution in [2.75, 3.05) is 19.5 Å². The average Bonchev–Trinajstić information content (AvgIpc) is 3.22. The van der Waals surface area contributed by atoms with Gasteiger partial charge in [0.15, 0.2) is 11.5 Å². The number of amides is 1. The third kappa shape index (κ3) is 4.82. The van der Waals surface area contributed by atoms with E-state index in [9.17, 15) is 4.79 Å². The molecule has 2 aromatic carbocycles. The van der Waals surface area contributed by atoms with E-state index in [0.717, 1.165) is 16.9 Å². The quantitative estimate of drug-likeness (QED) is 0.614. The molecule has 150 valence electrons. The summed E-state index contributed by atoms with van der Waals surface area (Å²) in [7, 11) is 3.16. The van der Waals surface area contributed by atoms with Gasteiger partial charge >= 0.3 is 0 Å². The van der Waals surface area contributed by atoms with Crippen molar-refractivity contribution < 1.29 is 14.3 Å². The number of benzene rings is 2. The largest absolute Gasteiger partial charge is 0.493 e. The van der Waals surface area contributed by atoms with Gasteiger partial charge in [0, 0.05) is 11.8 Å². The van der Waals surface area contributed by atoms with Crippen LogP contribution in [0, 0.1) is 0 Å². The first-order valence-electron chi connectivity index (χ1n) is 9.24. The van der Waals surface area contributed by atoms with Crippen LogP contribution in [0.2, 0.25) is 0 Å². The van der Waals surface area contributed by atoms with Crippen molar-refractivity contribution in [1.82, 2.24) is 15.0 Å². The van der Waals surface area contributed by atoms with Gasteiger partial charge in [0.25, 0.3) is 0 Å². The zero-order valence-corrected chi connectivity index (χ0v) is 16.9. The van der Waals surface area contributed by atoms with E-state index in [-0.39, 0.29) is 11.8 Å². The number of aromatic nitrogens is 3. The minimum atomic E-state index is -0.236. The van der Waals surface area contributed by atoms with Crippen LogP contribution in [-0.4, -0.2) is 35.1 Å². The Morgan fingerprint density at radius 1 is 1.10 bits per heavy atom. The van der Waals surface area contributed by atoms with E-state index >= 15 is 0 Å². The summed E-state index contributed by atoms with van der Waals surface area (Å²) in [6, 6.07) is 12.9. The number of carbonyl (C=O) groups excluding carboxylic acids is 1. The second-order valence-corrected chi connectivity index (χ2v) is 6.71. The number of nitrogens with one attached hydrogen (secondary N) is 1. The van der Waals surface area contributed by atoms with Crippen LogP contribution >= 0.6 is 0 Å². The third-order valence-electron chi connectivity index (χ3n) is 4.36. The minimum Gasteiger partial charge on any atom is -0.493 e. The van der Waals surface area contributed by atoms with Crippen LogP contribution in [0.15, 0.2) is 54.7 Å². The number of carbonyl (C=O) groups is 1. The zero-order chi connectivity index (χ0) is 20.8. The summed E-state index contributed by atoms with van der Waals surface area (Å²) in [4.78, 5) is 12.3. The van der Waals surface area contributed by atoms with Crippen molar-refractivity contribution in [3.05, 3.63) is 66.0 Å². The van der Waals surface area contributed by atoms with E-state index in [1.807, 2.05) is 30.3 Å². The molecule has 0 unspecified atom stereocenters. The van der Waals surface area contributed by atoms with Crippen molar-refractivity contribution in [3.63, 3.8) is 0 Å². The molecule has 1 N–H and O–H groups in total. The lowest BCUT2D eigenvalue weighted by Crippen LogP contribution is -2.09. The molecule has 3 aromatic rings. The third-order valence-corrected chi connectivity index (χ3v) is 4.36. The maximum Gasteiger partial charge on any atom is 0.248 e. The van der Waals surface area contributed by atoms with E-state index in [1.165, 1.54) is 6.08 Å². The van der Waals surface area contributed by atoms with Crippen LogP contribution in [0.5, 0.6) is 11.5 Å². The maximum absolute atomic E-state index is 12.3. The molecule has 0 aliphatic rings. The molecule has 1 heterocycles. The molecule has 0 aliphatic carbocycles. The summed E-state index contributed by atoms with van der Waals surface area (Å²) in [6.07, 6.45) is 4.94. The summed E-state index contributed by atoms with van der Waals surface area (Å²) in [5, 5.41) is 11.0. The molecule has 0 radical (unpaired) electrons. The lowest BCUT2D eigenvalue weighted by atomic mass is 10.1. The van der Waals surface area contributed by atoms with E-state index in [2.05, 4.69) is 29.5 Å². The molecular weight excluding hydrogens is 368 g/mol. The molecule has 0 fully saturated rings. The summed E-state index contributed by atoms with van der Waals surface area (Å²) < 4.78 is 12.3. The Morgan fingerprint density at radius 2 is 1.90 bits per heavy atom. The Labute approximate surface area is 170 Å². The number of rotatable bonds is 7. The Bertz CT molecular complexity index is 1020. The first-order valence-corrected chi connectivity index (χ1v) is 9.24. The van der Waals surface area contributed by atoms with Gasteiger partial charge in [0.05, 0.1) is 31.8 Å². The van der Waals surface area contributed by atoms with Gasteiger partial charge in [-0.05, 0) is 47.9 Å². The molecule has 0 bridgehead atoms. The van der Waals surface area contributed by atoms with E-state index < -0.39 is 0 Å². The highest BCUT2D eigenvalue weighted by Gasteiger charge is 2.10. The molecule has 0 spiro atoms. The fraction of sp³-hybridized carbons (Fsp3) is 0.227. The van der Waals surface area contributed by atoms with Gasteiger partial charge in [-0.2, -0.15) is 0 Å². The number of hydrogen-bond acceptors (Lipinski definition) is 5. The van der Waals surface area contributed by atoms with Crippen molar-refractivity contribution >= 4 is 17.7 Å². The fourth-order valence-corrected chi connectivity index (χ4v) is 2.87. The molecule has 0 aliphatic heterocycles. The van der Waals surface area contributed by atoms with E-state index in [4.69, 9.17) is 9.47 Å². The van der Waals surface area contributed by atoms with E-state index in [1.54, 1.807) is 43.3 Å². The number of anilines is 1. The van der Waals surface area contributed by atoms with Crippen LogP contribution in [0.1, 0.15) is 31.0 Å². The molecular formula is C22H24N4O3. The monoisotopic (exact) mass is 392 g/mol. The molecule has 1 amide bonds. The van der Waals surface area contributed by atoms with Gasteiger partial charge in [-0.3, -0.25) is 4.79 Å². The smallest absolute Gasteiger partial charge is 0.248 e. The van der Waals surface area contributed by atoms with Crippen molar-refractivity contribution in [1.29, 1.82) is 0 Å². The van der Waals surface area contributed by atoms with Crippen molar-refractivity contribution in [3.8, 4) is 17.2 Å². The molecule has 0 saturated carbocycles. The maximum atomic E-state index is 12.3. The molecule has 7 heteroatoms. The summed E-state index contributed by atoms with van der Waals surface area (Å²) in [6.45, 7) is 4.17. The SMILES string of the molecule is COc1ccc(/C=C/C(=O)Nc2cccc(-n3nncc3C(C)C)c2)cc1OC. The summed E-state index contributed by atoms with van der Waals surface area (Å²) in [5.41, 5.74) is 3.35. The lowest BCUT2D eigenvalue weighted by Gasteiger charge is -2.10. The zero-order valence-electron chi connectivity index (χ0n) is 16.9. The standard InChI is InChI=1S/C22H24N4O3/c1-15(2)19-14-23-25-26(19)18-7-5-6-17(13-18)24-22(27)11-9-16-8-10-20(28-3)21(12-16)29-4/h5-15H,1-4H3,(H,24,27)/b11-9+. The molecule has 7 nitrogen and oxygen atoms in total. The molecule has 29 heavy (non-hydrogen) atoms. The summed E-state index contributed by atoms with van der Waals surface area (Å²) in [5.74, 6) is 1.30. The van der Waals surface area contributed by atoms with Crippen LogP contribution < -0.4 is 14.8 Å². The Hall–Kier alpha value is -3.61. The normalized spacial score (nSPS) is 11.1. The van der Waals surface area contributed by atoms with Gasteiger partial charge < -0.3 is 14.8 Å². The highest BCUT2D eigenvalue weighted by Crippen LogP contribution is 2.28. The van der Waals surface area contributed by atoms with E-state index in [0.29, 0.717) is 17.2 Å². The lowest BCUT2D eigenvalue weighted by molar-refractivity contribution is -0.111. The second kappa shape index (κ2) is 9.05. The average molecular weight is 392 g/mol. The number of hydrogen-bond donors (Lipinski definition) is 1. The second-order valence-electron chi connectivity index (χ2n) is 6.71. The molecule has 0 atom stereocenters. The van der Waals surface area contributed by atoms with Gasteiger partial charge in [0.2, 0.25) is 5.91 Å². The van der Waals surface area contributed by atoms with Crippen molar-refractivity contribution in [2.24, 2.45) is 0 Å². The minimum absolute atomic E-state index is 0.236. The van der Waals surface area contributed by atoms with Crippen molar-refractivity contribution in [2.45, 2.75) is 19.8 Å². The predicted octanol–water partition coefficient (Wildman–Crippen LogP) is 4.06. The first-order chi connectivity index (χ1) is 14.0.